The second-order valence-electron chi connectivity index (χ2n) is 9.72. The van der Waals surface area contributed by atoms with Crippen molar-refractivity contribution in [2.45, 2.75) is 0 Å². The molecule has 0 saturated carbocycles. The molecule has 0 fully saturated rings. The average molecular weight is 534 g/mol. The molecule has 5 rings (SSSR count). The predicted molar refractivity (Wildman–Crippen MR) is 173 cm³/mol. The Morgan fingerprint density at radius 3 is 1.16 bits per heavy atom. The van der Waals surface area contributed by atoms with Gasteiger partial charge in [0.05, 0.1) is 11.4 Å². The number of benzene rings is 5. The standard InChI is InChI=1S/C34H35N2P2/c1-35(2)31-24-14-16-26-33(31)38(30-22-12-7-13-23-30,34-27-17-15-25-32(34)36(3)4)37(28-18-8-5-9-19-28)29-20-10-6-11-21-29/h5-27H,1-4H3/q+1. The molecule has 0 radical (unpaired) electrons. The van der Waals surface area contributed by atoms with Crippen LogP contribution in [-0.2, 0) is 0 Å². The van der Waals surface area contributed by atoms with Crippen LogP contribution >= 0.6 is 14.6 Å². The molecular formula is C34H35N2P2+. The Bertz CT molecular complexity index is 1380. The molecule has 0 aromatic heterocycles. The van der Waals surface area contributed by atoms with Gasteiger partial charge in [-0.3, -0.25) is 0 Å². The molecule has 0 amide bonds. The maximum Gasteiger partial charge on any atom is 0.143 e. The summed E-state index contributed by atoms with van der Waals surface area (Å²) >= 11 is 0. The van der Waals surface area contributed by atoms with E-state index in [0.29, 0.717) is 0 Å². The van der Waals surface area contributed by atoms with E-state index < -0.39 is 14.6 Å². The van der Waals surface area contributed by atoms with Gasteiger partial charge in [0, 0.05) is 38.8 Å². The van der Waals surface area contributed by atoms with Crippen LogP contribution in [0.4, 0.5) is 11.4 Å². The fourth-order valence-electron chi connectivity index (χ4n) is 5.25. The number of para-hydroxylation sites is 2. The maximum atomic E-state index is 2.39. The highest BCUT2D eigenvalue weighted by Crippen LogP contribution is 2.81. The molecule has 0 bridgehead atoms. The summed E-state index contributed by atoms with van der Waals surface area (Å²) in [4.78, 5) is 4.57. The Morgan fingerprint density at radius 2 is 0.763 bits per heavy atom. The molecule has 190 valence electrons. The lowest BCUT2D eigenvalue weighted by atomic mass is 10.3. The summed E-state index contributed by atoms with van der Waals surface area (Å²) < 4.78 is 0. The molecular weight excluding hydrogens is 498 g/mol. The molecule has 0 spiro atoms. The van der Waals surface area contributed by atoms with Crippen LogP contribution < -0.4 is 36.3 Å². The molecule has 0 unspecified atom stereocenters. The van der Waals surface area contributed by atoms with Crippen molar-refractivity contribution in [3.63, 3.8) is 0 Å². The zero-order valence-electron chi connectivity index (χ0n) is 22.6. The van der Waals surface area contributed by atoms with E-state index in [1.54, 1.807) is 0 Å². The minimum atomic E-state index is -2.31. The summed E-state index contributed by atoms with van der Waals surface area (Å²) in [7, 11) is 7.83. The van der Waals surface area contributed by atoms with Crippen molar-refractivity contribution in [3.8, 4) is 0 Å². The Balaban J connectivity index is 2.05. The van der Waals surface area contributed by atoms with Gasteiger partial charge in [0.15, 0.2) is 0 Å². The van der Waals surface area contributed by atoms with Crippen molar-refractivity contribution < 1.29 is 0 Å². The molecule has 0 heterocycles. The number of rotatable bonds is 8. The Kier molecular flexibility index (Phi) is 7.94. The van der Waals surface area contributed by atoms with E-state index in [-0.39, 0.29) is 0 Å². The van der Waals surface area contributed by atoms with Gasteiger partial charge in [0.2, 0.25) is 0 Å². The molecule has 5 aromatic rings. The lowest BCUT2D eigenvalue weighted by Gasteiger charge is -2.38. The van der Waals surface area contributed by atoms with Crippen LogP contribution in [0.5, 0.6) is 0 Å². The molecule has 2 nitrogen and oxygen atoms in total. The van der Waals surface area contributed by atoms with E-state index in [4.69, 9.17) is 0 Å². The molecule has 0 aliphatic rings. The van der Waals surface area contributed by atoms with Crippen LogP contribution in [0.3, 0.4) is 0 Å². The first-order valence-corrected chi connectivity index (χ1v) is 16.8. The van der Waals surface area contributed by atoms with E-state index >= 15 is 0 Å². The highest BCUT2D eigenvalue weighted by molar-refractivity contribution is 8.52. The van der Waals surface area contributed by atoms with Crippen LogP contribution in [0, 0.1) is 0 Å². The largest absolute Gasteiger partial charge is 0.374 e. The predicted octanol–water partition coefficient (Wildman–Crippen LogP) is 6.16. The SMILES string of the molecule is CN(C)c1ccccc1[P+](c1ccccc1)(c1ccccc1N(C)C)P(c1ccccc1)c1ccccc1. The molecule has 0 saturated heterocycles. The zero-order valence-corrected chi connectivity index (χ0v) is 24.4. The van der Waals surface area contributed by atoms with Gasteiger partial charge in [-0.05, 0) is 36.4 Å². The molecule has 38 heavy (non-hydrogen) atoms. The van der Waals surface area contributed by atoms with Gasteiger partial charge in [-0.15, -0.1) is 0 Å². The summed E-state index contributed by atoms with van der Waals surface area (Å²) in [6, 6.07) is 51.9. The lowest BCUT2D eigenvalue weighted by Crippen LogP contribution is -2.38. The van der Waals surface area contributed by atoms with Gasteiger partial charge in [0.1, 0.15) is 30.5 Å². The third-order valence-corrected chi connectivity index (χ3v) is 17.4. The summed E-state index contributed by atoms with van der Waals surface area (Å²) in [6.45, 7) is -2.31. The van der Waals surface area contributed by atoms with Crippen molar-refractivity contribution in [3.05, 3.63) is 140 Å². The number of hydrogen-bond acceptors (Lipinski definition) is 2. The van der Waals surface area contributed by atoms with Crippen molar-refractivity contribution in [2.24, 2.45) is 0 Å². The minimum Gasteiger partial charge on any atom is -0.374 e. The van der Waals surface area contributed by atoms with Crippen molar-refractivity contribution >= 4 is 52.5 Å². The second-order valence-corrected chi connectivity index (χ2v) is 17.1. The monoisotopic (exact) mass is 533 g/mol. The first kappa shape index (κ1) is 26.2. The third-order valence-electron chi connectivity index (χ3n) is 6.86. The Hall–Kier alpha value is -3.44. The summed E-state index contributed by atoms with van der Waals surface area (Å²) in [5, 5.41) is 7.04. The Labute approximate surface area is 229 Å². The van der Waals surface area contributed by atoms with Gasteiger partial charge >= 0.3 is 0 Å². The maximum absolute atomic E-state index is 2.39. The molecule has 5 aromatic carbocycles. The lowest BCUT2D eigenvalue weighted by molar-refractivity contribution is 1.14. The second kappa shape index (κ2) is 11.5. The van der Waals surface area contributed by atoms with Gasteiger partial charge in [-0.1, -0.05) is 103 Å². The first-order chi connectivity index (χ1) is 18.5. The van der Waals surface area contributed by atoms with Crippen LogP contribution in [-0.4, -0.2) is 28.2 Å². The van der Waals surface area contributed by atoms with Gasteiger partial charge in [-0.2, -0.15) is 0 Å². The molecule has 4 heteroatoms. The van der Waals surface area contributed by atoms with Crippen LogP contribution in [0.2, 0.25) is 0 Å². The van der Waals surface area contributed by atoms with Crippen molar-refractivity contribution in [2.75, 3.05) is 38.0 Å². The van der Waals surface area contributed by atoms with Gasteiger partial charge < -0.3 is 9.80 Å². The average Bonchev–Trinajstić information content (AvgIpc) is 2.97. The van der Waals surface area contributed by atoms with E-state index in [0.717, 1.165) is 0 Å². The van der Waals surface area contributed by atoms with Gasteiger partial charge in [0.25, 0.3) is 0 Å². The topological polar surface area (TPSA) is 6.48 Å². The molecule has 0 atom stereocenters. The normalized spacial score (nSPS) is 11.4. The fourth-order valence-corrected chi connectivity index (χ4v) is 17.3. The zero-order chi connectivity index (χ0) is 26.5. The molecule has 0 aliphatic carbocycles. The van der Waals surface area contributed by atoms with Crippen molar-refractivity contribution in [1.82, 2.24) is 0 Å². The van der Waals surface area contributed by atoms with E-state index in [9.17, 15) is 0 Å². The number of anilines is 2. The first-order valence-electron chi connectivity index (χ1n) is 12.9. The van der Waals surface area contributed by atoms with Crippen molar-refractivity contribution in [1.29, 1.82) is 0 Å². The van der Waals surface area contributed by atoms with Gasteiger partial charge in [-0.25, -0.2) is 0 Å². The van der Waals surface area contributed by atoms with E-state index in [2.05, 4.69) is 178 Å². The summed E-state index contributed by atoms with van der Waals surface area (Å²) in [6.07, 6.45) is 0. The third kappa shape index (κ3) is 4.76. The quantitative estimate of drug-likeness (QED) is 0.221. The summed E-state index contributed by atoms with van der Waals surface area (Å²) in [5.74, 6) is 0. The fraction of sp³-hybridized carbons (Fsp3) is 0.118. The smallest absolute Gasteiger partial charge is 0.143 e. The highest BCUT2D eigenvalue weighted by atomic mass is 32.1. The highest BCUT2D eigenvalue weighted by Gasteiger charge is 2.57. The van der Waals surface area contributed by atoms with E-state index in [1.165, 1.54) is 37.9 Å². The Morgan fingerprint density at radius 1 is 0.421 bits per heavy atom. The van der Waals surface area contributed by atoms with Crippen LogP contribution in [0.15, 0.2) is 140 Å². The van der Waals surface area contributed by atoms with Crippen LogP contribution in [0.25, 0.3) is 0 Å². The number of hydrogen-bond donors (Lipinski definition) is 0. The molecule has 0 N–H and O–H groups in total. The van der Waals surface area contributed by atoms with Crippen LogP contribution in [0.1, 0.15) is 0 Å². The summed E-state index contributed by atoms with van der Waals surface area (Å²) in [5.41, 5.74) is 2.55. The molecule has 0 aliphatic heterocycles. The number of nitrogens with zero attached hydrogens (tertiary/aromatic N) is 2. The minimum absolute atomic E-state index is 0.852. The van der Waals surface area contributed by atoms with E-state index in [1.807, 2.05) is 0 Å².